The van der Waals surface area contributed by atoms with Crippen molar-refractivity contribution in [3.05, 3.63) is 50.1 Å². The highest BCUT2D eigenvalue weighted by molar-refractivity contribution is 7.99. The fourth-order valence-electron chi connectivity index (χ4n) is 3.91. The lowest BCUT2D eigenvalue weighted by atomic mass is 9.97. The Morgan fingerprint density at radius 2 is 2.00 bits per heavy atom. The molecule has 1 aromatic carbocycles. The van der Waals surface area contributed by atoms with Crippen molar-refractivity contribution in [3.8, 4) is 5.69 Å². The molecule has 9 heteroatoms. The van der Waals surface area contributed by atoms with Crippen molar-refractivity contribution in [2.24, 2.45) is 0 Å². The summed E-state index contributed by atoms with van der Waals surface area (Å²) in [7, 11) is 1.45. The number of benzene rings is 1. The second-order valence-electron chi connectivity index (χ2n) is 7.63. The maximum Gasteiger partial charge on any atom is 0.321 e. The lowest BCUT2D eigenvalue weighted by Gasteiger charge is -2.15. The van der Waals surface area contributed by atoms with Crippen molar-refractivity contribution in [1.82, 2.24) is 20.2 Å². The minimum Gasteiger partial charge on any atom is -0.341 e. The number of carbonyl (C=O) groups is 2. The van der Waals surface area contributed by atoms with Crippen molar-refractivity contribution in [2.45, 2.75) is 44.7 Å². The Morgan fingerprint density at radius 1 is 1.23 bits per heavy atom. The molecule has 1 aliphatic carbocycles. The van der Waals surface area contributed by atoms with Gasteiger partial charge in [0.2, 0.25) is 5.91 Å². The average molecular weight is 457 g/mol. The topological polar surface area (TPSA) is 93.1 Å². The third-order valence-corrected chi connectivity index (χ3v) is 7.49. The lowest BCUT2D eigenvalue weighted by Crippen LogP contribution is -2.38. The van der Waals surface area contributed by atoms with E-state index >= 15 is 0 Å². The number of fused-ring (bicyclic) bond motifs is 3. The fraction of sp³-hybridized carbons (Fsp3) is 0.364. The van der Waals surface area contributed by atoms with Crippen LogP contribution in [0.1, 0.15) is 34.4 Å². The lowest BCUT2D eigenvalue weighted by molar-refractivity contribution is -0.117. The van der Waals surface area contributed by atoms with Gasteiger partial charge >= 0.3 is 6.03 Å². The first-order valence-corrected chi connectivity index (χ1v) is 12.0. The first-order chi connectivity index (χ1) is 14.9. The number of aryl methyl sites for hydroxylation is 4. The molecule has 1 aliphatic rings. The molecule has 7 nitrogen and oxygen atoms in total. The summed E-state index contributed by atoms with van der Waals surface area (Å²) in [6, 6.07) is 5.36. The highest BCUT2D eigenvalue weighted by Crippen LogP contribution is 2.35. The SMILES string of the molecule is CNC(=O)NC(=O)CSc1nc2sc3c(c2c(=O)n1-c1ccc(C)cc1C)CCCC3. The van der Waals surface area contributed by atoms with E-state index in [0.29, 0.717) is 10.5 Å². The van der Waals surface area contributed by atoms with Crippen LogP contribution in [0.2, 0.25) is 0 Å². The molecule has 31 heavy (non-hydrogen) atoms. The molecule has 4 rings (SSSR count). The van der Waals surface area contributed by atoms with E-state index in [-0.39, 0.29) is 11.3 Å². The third kappa shape index (κ3) is 4.24. The maximum absolute atomic E-state index is 13.7. The third-order valence-electron chi connectivity index (χ3n) is 5.36. The predicted octanol–water partition coefficient (Wildman–Crippen LogP) is 3.49. The van der Waals surface area contributed by atoms with E-state index in [0.717, 1.165) is 64.7 Å². The van der Waals surface area contributed by atoms with Crippen LogP contribution in [-0.2, 0) is 17.6 Å². The van der Waals surface area contributed by atoms with Crippen LogP contribution in [0.3, 0.4) is 0 Å². The summed E-state index contributed by atoms with van der Waals surface area (Å²) in [5.41, 5.74) is 3.87. The van der Waals surface area contributed by atoms with Gasteiger partial charge < -0.3 is 5.32 Å². The van der Waals surface area contributed by atoms with E-state index in [9.17, 15) is 14.4 Å². The van der Waals surface area contributed by atoms with Gasteiger partial charge in [0.05, 0.1) is 16.8 Å². The molecule has 0 saturated carbocycles. The summed E-state index contributed by atoms with van der Waals surface area (Å²) < 4.78 is 1.62. The number of imide groups is 1. The van der Waals surface area contributed by atoms with E-state index in [1.807, 2.05) is 32.0 Å². The number of thioether (sulfide) groups is 1. The molecule has 0 spiro atoms. The zero-order chi connectivity index (χ0) is 22.1. The van der Waals surface area contributed by atoms with Gasteiger partial charge in [0.25, 0.3) is 5.56 Å². The molecule has 0 bridgehead atoms. The van der Waals surface area contributed by atoms with Crippen LogP contribution in [0.4, 0.5) is 4.79 Å². The summed E-state index contributed by atoms with van der Waals surface area (Å²) in [6.45, 7) is 3.98. The molecular weight excluding hydrogens is 432 g/mol. The minimum atomic E-state index is -0.563. The molecule has 2 N–H and O–H groups in total. The average Bonchev–Trinajstić information content (AvgIpc) is 3.11. The Bertz CT molecular complexity index is 1250. The van der Waals surface area contributed by atoms with E-state index < -0.39 is 11.9 Å². The summed E-state index contributed by atoms with van der Waals surface area (Å²) in [5.74, 6) is -0.474. The number of aromatic nitrogens is 2. The van der Waals surface area contributed by atoms with Crippen LogP contribution in [-0.4, -0.2) is 34.3 Å². The summed E-state index contributed by atoms with van der Waals surface area (Å²) >= 11 is 2.74. The molecule has 0 fully saturated rings. The molecule has 2 aromatic heterocycles. The standard InChI is InChI=1S/C22H24N4O3S2/c1-12-8-9-15(13(2)10-12)26-20(28)18-14-6-4-5-7-16(14)31-19(18)25-22(26)30-11-17(27)24-21(29)23-3/h8-10H,4-7,11H2,1-3H3,(H2,23,24,27,29). The highest BCUT2D eigenvalue weighted by Gasteiger charge is 2.24. The molecule has 0 aliphatic heterocycles. The van der Waals surface area contributed by atoms with Crippen molar-refractivity contribution < 1.29 is 9.59 Å². The first-order valence-electron chi connectivity index (χ1n) is 10.2. The molecule has 0 atom stereocenters. The van der Waals surface area contributed by atoms with Crippen LogP contribution in [0.15, 0.2) is 28.2 Å². The number of urea groups is 1. The van der Waals surface area contributed by atoms with Crippen LogP contribution in [0, 0.1) is 13.8 Å². The number of carbonyl (C=O) groups excluding carboxylic acids is 2. The Kier molecular flexibility index (Phi) is 6.15. The van der Waals surface area contributed by atoms with Crippen LogP contribution >= 0.6 is 23.1 Å². The van der Waals surface area contributed by atoms with Gasteiger partial charge in [-0.15, -0.1) is 11.3 Å². The highest BCUT2D eigenvalue weighted by atomic mass is 32.2. The molecular formula is C22H24N4O3S2. The van der Waals surface area contributed by atoms with Gasteiger partial charge in [-0.25, -0.2) is 9.78 Å². The van der Waals surface area contributed by atoms with Crippen LogP contribution in [0.5, 0.6) is 0 Å². The number of nitrogens with zero attached hydrogens (tertiary/aromatic N) is 2. The number of nitrogens with one attached hydrogen (secondary N) is 2. The van der Waals surface area contributed by atoms with Gasteiger partial charge in [-0.2, -0.15) is 0 Å². The van der Waals surface area contributed by atoms with Crippen LogP contribution < -0.4 is 16.2 Å². The zero-order valence-corrected chi connectivity index (χ0v) is 19.3. The Labute approximate surface area is 188 Å². The molecule has 0 radical (unpaired) electrons. The molecule has 0 unspecified atom stereocenters. The zero-order valence-electron chi connectivity index (χ0n) is 17.7. The molecule has 162 valence electrons. The largest absolute Gasteiger partial charge is 0.341 e. The van der Waals surface area contributed by atoms with Gasteiger partial charge in [-0.3, -0.25) is 19.5 Å². The molecule has 3 aromatic rings. The van der Waals surface area contributed by atoms with E-state index in [1.54, 1.807) is 15.9 Å². The first kappa shape index (κ1) is 21.6. The van der Waals surface area contributed by atoms with Gasteiger partial charge in [-0.05, 0) is 56.7 Å². The van der Waals surface area contributed by atoms with Crippen molar-refractivity contribution >= 4 is 45.3 Å². The number of hydrogen-bond donors (Lipinski definition) is 2. The molecule has 2 heterocycles. The van der Waals surface area contributed by atoms with Gasteiger partial charge in [0, 0.05) is 11.9 Å². The fourth-order valence-corrected chi connectivity index (χ4v) is 6.02. The second kappa shape index (κ2) is 8.84. The Hall–Kier alpha value is -2.65. The number of rotatable bonds is 4. The van der Waals surface area contributed by atoms with Crippen molar-refractivity contribution in [2.75, 3.05) is 12.8 Å². The van der Waals surface area contributed by atoms with Gasteiger partial charge in [0.1, 0.15) is 4.83 Å². The molecule has 3 amide bonds. The monoisotopic (exact) mass is 456 g/mol. The minimum absolute atomic E-state index is 0.0264. The van der Waals surface area contributed by atoms with Crippen molar-refractivity contribution in [3.63, 3.8) is 0 Å². The Morgan fingerprint density at radius 3 is 2.74 bits per heavy atom. The number of amides is 3. The van der Waals surface area contributed by atoms with E-state index in [1.165, 1.54) is 11.9 Å². The number of thiophene rings is 1. The normalized spacial score (nSPS) is 13.1. The van der Waals surface area contributed by atoms with Crippen molar-refractivity contribution in [1.29, 1.82) is 0 Å². The summed E-state index contributed by atoms with van der Waals surface area (Å²) in [4.78, 5) is 44.1. The maximum atomic E-state index is 13.7. The van der Waals surface area contributed by atoms with Gasteiger partial charge in [0.15, 0.2) is 5.16 Å². The van der Waals surface area contributed by atoms with E-state index in [4.69, 9.17) is 4.98 Å². The van der Waals surface area contributed by atoms with E-state index in [2.05, 4.69) is 10.6 Å². The molecule has 0 saturated heterocycles. The van der Waals surface area contributed by atoms with Crippen LogP contribution in [0.25, 0.3) is 15.9 Å². The predicted molar refractivity (Wildman–Crippen MR) is 125 cm³/mol. The van der Waals surface area contributed by atoms with Gasteiger partial charge in [-0.1, -0.05) is 29.5 Å². The summed E-state index contributed by atoms with van der Waals surface area (Å²) in [5, 5.41) is 5.76. The number of hydrogen-bond acceptors (Lipinski definition) is 6. The quantitative estimate of drug-likeness (QED) is 0.463. The Balaban J connectivity index is 1.84. The summed E-state index contributed by atoms with van der Waals surface area (Å²) in [6.07, 6.45) is 4.10. The second-order valence-corrected chi connectivity index (χ2v) is 9.66. The smallest absolute Gasteiger partial charge is 0.321 e.